The normalized spacial score (nSPS) is 14.2. The molecule has 0 spiro atoms. The van der Waals surface area contributed by atoms with Crippen LogP contribution < -0.4 is 19.0 Å². The van der Waals surface area contributed by atoms with E-state index in [4.69, 9.17) is 13.7 Å². The van der Waals surface area contributed by atoms with Gasteiger partial charge in [-0.05, 0) is 75.1 Å². The van der Waals surface area contributed by atoms with Crippen LogP contribution in [0.2, 0.25) is 0 Å². The maximum Gasteiger partial charge on any atom is 0.309 e. The Morgan fingerprint density at radius 3 is 2.42 bits per heavy atom. The average Bonchev–Trinajstić information content (AvgIpc) is 2.83. The van der Waals surface area contributed by atoms with Gasteiger partial charge in [-0.3, -0.25) is 0 Å². The first-order valence-electron chi connectivity index (χ1n) is 12.6. The summed E-state index contributed by atoms with van der Waals surface area (Å²) < 4.78 is 55.5. The number of methoxy groups -OCH3 is 1. The number of aryl methyl sites for hydroxylation is 1. The molecule has 0 atom stereocenters. The predicted octanol–water partition coefficient (Wildman–Crippen LogP) is 7.11. The van der Waals surface area contributed by atoms with E-state index < -0.39 is 10.1 Å². The van der Waals surface area contributed by atoms with Gasteiger partial charge in [-0.15, -0.1) is 0 Å². The van der Waals surface area contributed by atoms with Crippen molar-refractivity contribution in [3.8, 4) is 28.4 Å². The van der Waals surface area contributed by atoms with Gasteiger partial charge in [-0.25, -0.2) is 4.39 Å². The fraction of sp³-hybridized carbons (Fsp3) is 0.333. The minimum absolute atomic E-state index is 0.0716. The first-order valence-corrected chi connectivity index (χ1v) is 14.1. The Hall–Kier alpha value is -3.52. The Balaban J connectivity index is 1.83. The molecule has 8 heteroatoms. The van der Waals surface area contributed by atoms with Gasteiger partial charge in [0.1, 0.15) is 29.7 Å². The zero-order valence-electron chi connectivity index (χ0n) is 22.6. The molecule has 0 unspecified atom stereocenters. The minimum Gasteiger partial charge on any atom is -0.496 e. The zero-order valence-corrected chi connectivity index (χ0v) is 23.5. The molecule has 4 rings (SSSR count). The van der Waals surface area contributed by atoms with Crippen molar-refractivity contribution in [2.24, 2.45) is 0 Å². The molecule has 202 valence electrons. The molecule has 0 aliphatic carbocycles. The molecule has 1 aliphatic rings. The van der Waals surface area contributed by atoms with E-state index in [9.17, 15) is 12.8 Å². The predicted molar refractivity (Wildman–Crippen MR) is 150 cm³/mol. The first kappa shape index (κ1) is 27.5. The van der Waals surface area contributed by atoms with Crippen molar-refractivity contribution in [1.29, 1.82) is 0 Å². The van der Waals surface area contributed by atoms with Crippen LogP contribution in [0, 0.1) is 12.7 Å². The Morgan fingerprint density at radius 2 is 1.71 bits per heavy atom. The highest BCUT2D eigenvalue weighted by atomic mass is 32.2. The summed E-state index contributed by atoms with van der Waals surface area (Å²) in [6, 6.07) is 13.5. The molecule has 0 saturated heterocycles. The molecule has 3 aromatic rings. The van der Waals surface area contributed by atoms with E-state index in [1.807, 2.05) is 19.1 Å². The van der Waals surface area contributed by atoms with Crippen LogP contribution in [0.15, 0.2) is 54.6 Å². The molecule has 0 saturated carbocycles. The second-order valence-electron chi connectivity index (χ2n) is 10.1. The van der Waals surface area contributed by atoms with E-state index in [1.165, 1.54) is 19.2 Å². The van der Waals surface area contributed by atoms with Crippen LogP contribution in [0.4, 0.5) is 10.1 Å². The number of benzene rings is 3. The molecule has 6 nitrogen and oxygen atoms in total. The van der Waals surface area contributed by atoms with Gasteiger partial charge < -0.3 is 19.0 Å². The number of nitrogens with one attached hydrogen (secondary N) is 1. The molecule has 0 bridgehead atoms. The quantitative estimate of drug-likeness (QED) is 0.292. The van der Waals surface area contributed by atoms with E-state index in [-0.39, 0.29) is 29.5 Å². The molecule has 38 heavy (non-hydrogen) atoms. The number of halogens is 1. The average molecular weight is 540 g/mol. The van der Waals surface area contributed by atoms with Crippen LogP contribution in [0.5, 0.6) is 17.2 Å². The van der Waals surface area contributed by atoms with Gasteiger partial charge in [0.05, 0.1) is 18.4 Å². The molecule has 1 heterocycles. The second-order valence-corrected chi connectivity index (χ2v) is 11.8. The van der Waals surface area contributed by atoms with Crippen molar-refractivity contribution in [2.75, 3.05) is 18.2 Å². The van der Waals surface area contributed by atoms with Crippen LogP contribution in [0.1, 0.15) is 50.8 Å². The number of ether oxygens (including phenoxy) is 2. The third-order valence-corrected chi connectivity index (χ3v) is 7.76. The maximum atomic E-state index is 14.0. The van der Waals surface area contributed by atoms with E-state index in [0.717, 1.165) is 39.1 Å². The van der Waals surface area contributed by atoms with Crippen LogP contribution >= 0.6 is 0 Å². The first-order chi connectivity index (χ1) is 17.9. The molecule has 0 amide bonds. The smallest absolute Gasteiger partial charge is 0.309 e. The molecular weight excluding hydrogens is 505 g/mol. The van der Waals surface area contributed by atoms with E-state index >= 15 is 0 Å². The van der Waals surface area contributed by atoms with Gasteiger partial charge in [-0.2, -0.15) is 8.42 Å². The maximum absolute atomic E-state index is 14.0. The molecule has 1 aliphatic heterocycles. The summed E-state index contributed by atoms with van der Waals surface area (Å²) in [5.74, 6) is 0.678. The standard InChI is InChI=1S/C30H34FNO5S/c1-7-14-38(33,34)37-22-10-11-24(28(16-22)35-6)23-12-13-26-29(20(3)17-30(4,5)32-26)25(23)18-36-27-15-21(31)9-8-19(27)2/h8-13,15-17,32H,7,14,18H2,1-6H3. The van der Waals surface area contributed by atoms with Gasteiger partial charge in [0.2, 0.25) is 0 Å². The van der Waals surface area contributed by atoms with Crippen LogP contribution in [0.25, 0.3) is 16.7 Å². The van der Waals surface area contributed by atoms with Crippen molar-refractivity contribution in [3.63, 3.8) is 0 Å². The summed E-state index contributed by atoms with van der Waals surface area (Å²) in [7, 11) is -2.16. The molecule has 3 aromatic carbocycles. The summed E-state index contributed by atoms with van der Waals surface area (Å²) >= 11 is 0. The lowest BCUT2D eigenvalue weighted by atomic mass is 9.85. The number of anilines is 1. The zero-order chi connectivity index (χ0) is 27.7. The SMILES string of the molecule is CCCS(=O)(=O)Oc1ccc(-c2ccc3c(c2COc2cc(F)ccc2C)C(C)=CC(C)(C)N3)c(OC)c1. The number of hydrogen-bond acceptors (Lipinski definition) is 6. The summed E-state index contributed by atoms with van der Waals surface area (Å²) in [5.41, 5.74) is 6.17. The lowest BCUT2D eigenvalue weighted by molar-refractivity contribution is 0.302. The van der Waals surface area contributed by atoms with Crippen LogP contribution in [0.3, 0.4) is 0 Å². The van der Waals surface area contributed by atoms with Gasteiger partial charge in [0, 0.05) is 34.5 Å². The number of fused-ring (bicyclic) bond motifs is 1. The van der Waals surface area contributed by atoms with Gasteiger partial charge >= 0.3 is 10.1 Å². The molecule has 0 aromatic heterocycles. The van der Waals surface area contributed by atoms with Gasteiger partial charge in [0.25, 0.3) is 0 Å². The number of hydrogen-bond donors (Lipinski definition) is 1. The third kappa shape index (κ3) is 5.96. The Labute approximate surface area is 224 Å². The van der Waals surface area contributed by atoms with Crippen molar-refractivity contribution in [2.45, 2.75) is 53.2 Å². The topological polar surface area (TPSA) is 73.9 Å². The fourth-order valence-electron chi connectivity index (χ4n) is 4.86. The summed E-state index contributed by atoms with van der Waals surface area (Å²) in [5, 5.41) is 3.57. The number of rotatable bonds is 9. The van der Waals surface area contributed by atoms with E-state index in [1.54, 1.807) is 31.2 Å². The van der Waals surface area contributed by atoms with E-state index in [0.29, 0.717) is 17.9 Å². The number of allylic oxidation sites excluding steroid dienone is 1. The fourth-order valence-corrected chi connectivity index (χ4v) is 5.85. The summed E-state index contributed by atoms with van der Waals surface area (Å²) in [6.07, 6.45) is 2.63. The largest absolute Gasteiger partial charge is 0.496 e. The summed E-state index contributed by atoms with van der Waals surface area (Å²) in [6.45, 7) is 10.1. The molecule has 1 N–H and O–H groups in total. The summed E-state index contributed by atoms with van der Waals surface area (Å²) in [4.78, 5) is 0. The molecule has 0 radical (unpaired) electrons. The van der Waals surface area contributed by atoms with Crippen molar-refractivity contribution in [3.05, 3.63) is 77.1 Å². The lowest BCUT2D eigenvalue weighted by Crippen LogP contribution is -2.32. The molecule has 0 fully saturated rings. The Kier molecular flexibility index (Phi) is 7.74. The van der Waals surface area contributed by atoms with Crippen molar-refractivity contribution < 1.29 is 26.5 Å². The van der Waals surface area contributed by atoms with Crippen LogP contribution in [-0.2, 0) is 16.7 Å². The monoisotopic (exact) mass is 539 g/mol. The van der Waals surface area contributed by atoms with Gasteiger partial charge in [-0.1, -0.05) is 25.1 Å². The highest BCUT2D eigenvalue weighted by Gasteiger charge is 2.27. The Morgan fingerprint density at radius 1 is 0.974 bits per heavy atom. The van der Waals surface area contributed by atoms with Gasteiger partial charge in [0.15, 0.2) is 0 Å². The van der Waals surface area contributed by atoms with Crippen molar-refractivity contribution >= 4 is 21.4 Å². The second kappa shape index (κ2) is 10.7. The highest BCUT2D eigenvalue weighted by Crippen LogP contribution is 2.43. The highest BCUT2D eigenvalue weighted by molar-refractivity contribution is 7.87. The lowest BCUT2D eigenvalue weighted by Gasteiger charge is -2.33. The third-order valence-electron chi connectivity index (χ3n) is 6.40. The molecular formula is C30H34FNO5S. The van der Waals surface area contributed by atoms with Crippen LogP contribution in [-0.4, -0.2) is 26.8 Å². The van der Waals surface area contributed by atoms with Crippen molar-refractivity contribution in [1.82, 2.24) is 0 Å². The van der Waals surface area contributed by atoms with E-state index in [2.05, 4.69) is 32.2 Å². The minimum atomic E-state index is -3.69. The Bertz CT molecular complexity index is 1490.